The summed E-state index contributed by atoms with van der Waals surface area (Å²) in [6.45, 7) is 10.3. The van der Waals surface area contributed by atoms with Crippen LogP contribution in [0, 0.1) is 0 Å². The van der Waals surface area contributed by atoms with Crippen LogP contribution in [0.4, 0.5) is 0 Å². The highest BCUT2D eigenvalue weighted by atomic mass is 16.5. The van der Waals surface area contributed by atoms with Crippen LogP contribution in [0.1, 0.15) is 74.2 Å². The van der Waals surface area contributed by atoms with E-state index in [1.807, 2.05) is 24.3 Å². The van der Waals surface area contributed by atoms with Crippen LogP contribution in [0.2, 0.25) is 0 Å². The van der Waals surface area contributed by atoms with E-state index in [0.29, 0.717) is 41.2 Å². The minimum Gasteiger partial charge on any atom is -0.493 e. The highest BCUT2D eigenvalue weighted by Crippen LogP contribution is 2.41. The van der Waals surface area contributed by atoms with Crippen molar-refractivity contribution in [1.29, 1.82) is 0 Å². The van der Waals surface area contributed by atoms with Gasteiger partial charge in [-0.2, -0.15) is 0 Å². The quantitative estimate of drug-likeness (QED) is 0.279. The van der Waals surface area contributed by atoms with Gasteiger partial charge in [-0.25, -0.2) is 0 Å². The van der Waals surface area contributed by atoms with Gasteiger partial charge in [-0.15, -0.1) is 0 Å². The Labute approximate surface area is 219 Å². The largest absolute Gasteiger partial charge is 0.493 e. The zero-order chi connectivity index (χ0) is 26.4. The molecular weight excluding hydrogens is 468 g/mol. The van der Waals surface area contributed by atoms with E-state index >= 15 is 0 Å². The summed E-state index contributed by atoms with van der Waals surface area (Å²) in [5.41, 5.74) is 1.46. The molecular formula is C30H38N2O5. The van der Waals surface area contributed by atoms with Gasteiger partial charge in [0.2, 0.25) is 5.76 Å². The molecule has 1 atom stereocenters. The second-order valence-electron chi connectivity index (χ2n) is 9.42. The second kappa shape index (κ2) is 12.3. The monoisotopic (exact) mass is 506 g/mol. The number of hydrogen-bond acceptors (Lipinski definition) is 6. The maximum absolute atomic E-state index is 13.7. The Morgan fingerprint density at radius 3 is 2.49 bits per heavy atom. The molecule has 1 unspecified atom stereocenters. The molecule has 1 aromatic heterocycles. The van der Waals surface area contributed by atoms with Crippen molar-refractivity contribution in [1.82, 2.24) is 9.80 Å². The van der Waals surface area contributed by atoms with E-state index in [1.165, 1.54) is 0 Å². The number of unbranched alkanes of at least 4 members (excludes halogenated alkanes) is 2. The Bertz CT molecular complexity index is 1280. The van der Waals surface area contributed by atoms with Gasteiger partial charge in [-0.3, -0.25) is 9.59 Å². The molecule has 7 heteroatoms. The van der Waals surface area contributed by atoms with E-state index in [9.17, 15) is 9.59 Å². The zero-order valence-corrected chi connectivity index (χ0v) is 22.4. The standard InChI is InChI=1S/C30H38N2O5/c1-5-8-11-19-36-24-16-15-21(20-25(24)35-4)27-26-28(33)22-13-9-10-14-23(22)37-29(26)30(34)32(27)18-12-17-31(6-2)7-3/h9-10,13-16,20,27H,5-8,11-12,17-19H2,1-4H3. The van der Waals surface area contributed by atoms with E-state index in [0.717, 1.165) is 50.9 Å². The molecule has 0 saturated carbocycles. The first-order chi connectivity index (χ1) is 18.0. The van der Waals surface area contributed by atoms with Gasteiger partial charge in [-0.1, -0.05) is 51.8 Å². The maximum Gasteiger partial charge on any atom is 0.290 e. The third kappa shape index (κ3) is 5.52. The Balaban J connectivity index is 1.73. The Kier molecular flexibility index (Phi) is 8.87. The van der Waals surface area contributed by atoms with Crippen LogP contribution in [0.15, 0.2) is 51.7 Å². The van der Waals surface area contributed by atoms with E-state index in [-0.39, 0.29) is 17.1 Å². The molecule has 1 amide bonds. The molecule has 2 aromatic carbocycles. The van der Waals surface area contributed by atoms with Crippen molar-refractivity contribution in [3.05, 3.63) is 69.6 Å². The zero-order valence-electron chi connectivity index (χ0n) is 22.4. The number of ether oxygens (including phenoxy) is 2. The van der Waals surface area contributed by atoms with Crippen LogP contribution < -0.4 is 14.9 Å². The molecule has 0 spiro atoms. The fraction of sp³-hybridized carbons (Fsp3) is 0.467. The molecule has 198 valence electrons. The molecule has 0 bridgehead atoms. The van der Waals surface area contributed by atoms with E-state index < -0.39 is 6.04 Å². The van der Waals surface area contributed by atoms with E-state index in [1.54, 1.807) is 30.2 Å². The number of rotatable bonds is 13. The Hall–Kier alpha value is -3.32. The van der Waals surface area contributed by atoms with Gasteiger partial charge < -0.3 is 23.7 Å². The maximum atomic E-state index is 13.7. The molecule has 0 radical (unpaired) electrons. The predicted molar refractivity (Wildman–Crippen MR) is 146 cm³/mol. The van der Waals surface area contributed by atoms with Gasteiger partial charge in [0.1, 0.15) is 5.58 Å². The average molecular weight is 507 g/mol. The van der Waals surface area contributed by atoms with Gasteiger partial charge in [-0.05, 0) is 62.3 Å². The number of fused-ring (bicyclic) bond motifs is 2. The first kappa shape index (κ1) is 26.7. The number of methoxy groups -OCH3 is 1. The normalized spacial score (nSPS) is 15.0. The van der Waals surface area contributed by atoms with E-state index in [2.05, 4.69) is 25.7 Å². The summed E-state index contributed by atoms with van der Waals surface area (Å²) in [4.78, 5) is 31.4. The number of para-hydroxylation sites is 1. The summed E-state index contributed by atoms with van der Waals surface area (Å²) < 4.78 is 17.7. The highest BCUT2D eigenvalue weighted by Gasteiger charge is 2.42. The van der Waals surface area contributed by atoms with Crippen molar-refractivity contribution >= 4 is 16.9 Å². The Morgan fingerprint density at radius 1 is 0.973 bits per heavy atom. The molecule has 4 rings (SSSR count). The molecule has 0 aliphatic carbocycles. The first-order valence-corrected chi connectivity index (χ1v) is 13.4. The lowest BCUT2D eigenvalue weighted by Crippen LogP contribution is -2.33. The molecule has 3 aromatic rings. The molecule has 1 aliphatic heterocycles. The highest BCUT2D eigenvalue weighted by molar-refractivity contribution is 5.99. The number of amides is 1. The first-order valence-electron chi connectivity index (χ1n) is 13.4. The smallest absolute Gasteiger partial charge is 0.290 e. The van der Waals surface area contributed by atoms with Crippen LogP contribution in [0.25, 0.3) is 11.0 Å². The van der Waals surface area contributed by atoms with Crippen LogP contribution >= 0.6 is 0 Å². The lowest BCUT2D eigenvalue weighted by Gasteiger charge is -2.27. The van der Waals surface area contributed by atoms with Crippen molar-refractivity contribution in [2.45, 2.75) is 52.5 Å². The summed E-state index contributed by atoms with van der Waals surface area (Å²) in [5.74, 6) is 1.13. The summed E-state index contributed by atoms with van der Waals surface area (Å²) in [6.07, 6.45) is 3.99. The molecule has 2 heterocycles. The molecule has 1 aliphatic rings. The van der Waals surface area contributed by atoms with Gasteiger partial charge in [0, 0.05) is 6.54 Å². The summed E-state index contributed by atoms with van der Waals surface area (Å²) in [7, 11) is 1.61. The SMILES string of the molecule is CCCCCOc1ccc(C2c3c(oc4ccccc4c3=O)C(=O)N2CCCN(CC)CC)cc1OC. The lowest BCUT2D eigenvalue weighted by molar-refractivity contribution is 0.0720. The minimum atomic E-state index is -0.553. The van der Waals surface area contributed by atoms with Crippen molar-refractivity contribution in [3.63, 3.8) is 0 Å². The molecule has 37 heavy (non-hydrogen) atoms. The van der Waals surface area contributed by atoms with Crippen molar-refractivity contribution < 1.29 is 18.7 Å². The Morgan fingerprint density at radius 2 is 1.76 bits per heavy atom. The van der Waals surface area contributed by atoms with Crippen molar-refractivity contribution in [2.24, 2.45) is 0 Å². The van der Waals surface area contributed by atoms with Crippen LogP contribution in [-0.2, 0) is 0 Å². The number of nitrogens with zero attached hydrogens (tertiary/aromatic N) is 2. The fourth-order valence-electron chi connectivity index (χ4n) is 5.06. The fourth-order valence-corrected chi connectivity index (χ4v) is 5.06. The molecule has 7 nitrogen and oxygen atoms in total. The van der Waals surface area contributed by atoms with Crippen molar-refractivity contribution in [2.75, 3.05) is 39.9 Å². The van der Waals surface area contributed by atoms with Gasteiger partial charge in [0.05, 0.1) is 30.7 Å². The molecule has 0 N–H and O–H groups in total. The summed E-state index contributed by atoms with van der Waals surface area (Å²) in [6, 6.07) is 12.2. The minimum absolute atomic E-state index is 0.135. The van der Waals surface area contributed by atoms with E-state index in [4.69, 9.17) is 13.9 Å². The average Bonchev–Trinajstić information content (AvgIpc) is 3.20. The number of benzene rings is 2. The molecule has 0 saturated heterocycles. The number of hydrogen-bond donors (Lipinski definition) is 0. The van der Waals surface area contributed by atoms with Crippen molar-refractivity contribution in [3.8, 4) is 11.5 Å². The van der Waals surface area contributed by atoms with Crippen LogP contribution in [0.5, 0.6) is 11.5 Å². The third-order valence-corrected chi connectivity index (χ3v) is 7.15. The van der Waals surface area contributed by atoms with Gasteiger partial charge in [0.15, 0.2) is 16.9 Å². The predicted octanol–water partition coefficient (Wildman–Crippen LogP) is 5.65. The summed E-state index contributed by atoms with van der Waals surface area (Å²) >= 11 is 0. The van der Waals surface area contributed by atoms with Gasteiger partial charge in [0.25, 0.3) is 5.91 Å². The lowest BCUT2D eigenvalue weighted by atomic mass is 9.98. The summed E-state index contributed by atoms with van der Waals surface area (Å²) in [5, 5.41) is 0.479. The van der Waals surface area contributed by atoms with Gasteiger partial charge >= 0.3 is 0 Å². The third-order valence-electron chi connectivity index (χ3n) is 7.15. The number of carbonyl (C=O) groups is 1. The van der Waals surface area contributed by atoms with Crippen LogP contribution in [-0.4, -0.2) is 55.6 Å². The van der Waals surface area contributed by atoms with Crippen LogP contribution in [0.3, 0.4) is 0 Å². The second-order valence-corrected chi connectivity index (χ2v) is 9.42. The topological polar surface area (TPSA) is 72.2 Å². The number of carbonyl (C=O) groups excluding carboxylic acids is 1. The molecule has 0 fully saturated rings.